The minimum Gasteiger partial charge on any atom is -0.292 e. The van der Waals surface area contributed by atoms with Crippen LogP contribution in [0.25, 0.3) is 11.3 Å². The van der Waals surface area contributed by atoms with Crippen molar-refractivity contribution in [1.82, 2.24) is 20.0 Å². The quantitative estimate of drug-likeness (QED) is 0.313. The molecule has 2 aromatic carbocycles. The van der Waals surface area contributed by atoms with Crippen molar-refractivity contribution in [3.05, 3.63) is 75.6 Å². The van der Waals surface area contributed by atoms with Gasteiger partial charge in [-0.1, -0.05) is 37.6 Å². The average Bonchev–Trinajstić information content (AvgIpc) is 2.87. The number of sulfonamides is 1. The van der Waals surface area contributed by atoms with E-state index in [1.165, 1.54) is 36.3 Å². The summed E-state index contributed by atoms with van der Waals surface area (Å²) >= 11 is 0. The van der Waals surface area contributed by atoms with E-state index in [4.69, 9.17) is 0 Å². The molecule has 0 aliphatic carbocycles. The van der Waals surface area contributed by atoms with Gasteiger partial charge in [-0.2, -0.15) is 13.2 Å². The van der Waals surface area contributed by atoms with Crippen LogP contribution in [0.5, 0.6) is 0 Å². The Morgan fingerprint density at radius 2 is 1.70 bits per heavy atom. The van der Waals surface area contributed by atoms with Crippen LogP contribution < -0.4 is 10.3 Å². The van der Waals surface area contributed by atoms with Gasteiger partial charge in [0.1, 0.15) is 0 Å². The first-order chi connectivity index (χ1) is 18.7. The summed E-state index contributed by atoms with van der Waals surface area (Å²) in [6.45, 7) is 5.39. The molecule has 3 rings (SSSR count). The first-order valence-corrected chi connectivity index (χ1v) is 14.1. The van der Waals surface area contributed by atoms with Crippen molar-refractivity contribution < 1.29 is 26.4 Å². The molecule has 0 atom stereocenters. The normalized spacial score (nSPS) is 12.0. The van der Waals surface area contributed by atoms with E-state index in [2.05, 4.69) is 14.7 Å². The third kappa shape index (κ3) is 7.92. The van der Waals surface area contributed by atoms with Gasteiger partial charge in [0.25, 0.3) is 21.5 Å². The topological polar surface area (TPSA) is 115 Å². The molecule has 13 heteroatoms. The summed E-state index contributed by atoms with van der Waals surface area (Å²) in [5.74, 6) is -0.976. The number of rotatable bonds is 11. The zero-order valence-electron chi connectivity index (χ0n) is 22.7. The SMILES string of the molecule is CCCCN(CCC(F)(F)F)N(C)C(=O)c1cccc(S(=O)(=O)Nc2nc(-c3c(C)cccc3C)cc(=O)[nH]2)c1. The highest BCUT2D eigenvalue weighted by Crippen LogP contribution is 2.26. The van der Waals surface area contributed by atoms with Gasteiger partial charge in [0.2, 0.25) is 5.95 Å². The molecule has 9 nitrogen and oxygen atoms in total. The molecule has 1 amide bonds. The minimum absolute atomic E-state index is 0.0374. The van der Waals surface area contributed by atoms with Gasteiger partial charge in [0.15, 0.2) is 0 Å². The molecule has 0 saturated heterocycles. The molecule has 2 N–H and O–H groups in total. The van der Waals surface area contributed by atoms with Gasteiger partial charge in [-0.15, -0.1) is 0 Å². The number of halogens is 3. The lowest BCUT2D eigenvalue weighted by atomic mass is 10.00. The average molecular weight is 580 g/mol. The number of unbranched alkanes of at least 4 members (excludes halogenated alkanes) is 1. The number of hydrogen-bond donors (Lipinski definition) is 2. The maximum absolute atomic E-state index is 13.2. The Morgan fingerprint density at radius 1 is 1.05 bits per heavy atom. The number of hydrogen-bond acceptors (Lipinski definition) is 6. The summed E-state index contributed by atoms with van der Waals surface area (Å²) in [4.78, 5) is 31.9. The van der Waals surface area contributed by atoms with E-state index < -0.39 is 40.6 Å². The van der Waals surface area contributed by atoms with E-state index in [0.717, 1.165) is 22.2 Å². The molecule has 0 spiro atoms. The molecule has 216 valence electrons. The highest BCUT2D eigenvalue weighted by molar-refractivity contribution is 7.92. The fourth-order valence-electron chi connectivity index (χ4n) is 4.16. The molecule has 0 radical (unpaired) electrons. The zero-order chi connectivity index (χ0) is 29.7. The summed E-state index contributed by atoms with van der Waals surface area (Å²) in [5.41, 5.74) is 2.08. The maximum Gasteiger partial charge on any atom is 0.390 e. The number of carbonyl (C=O) groups is 1. The van der Waals surface area contributed by atoms with Crippen molar-refractivity contribution in [2.45, 2.75) is 51.1 Å². The smallest absolute Gasteiger partial charge is 0.292 e. The van der Waals surface area contributed by atoms with Crippen molar-refractivity contribution in [3.8, 4) is 11.3 Å². The van der Waals surface area contributed by atoms with E-state index in [-0.39, 0.29) is 28.6 Å². The summed E-state index contributed by atoms with van der Waals surface area (Å²) in [5, 5.41) is 2.38. The van der Waals surface area contributed by atoms with Gasteiger partial charge in [-0.05, 0) is 49.6 Å². The monoisotopic (exact) mass is 579 g/mol. The lowest BCUT2D eigenvalue weighted by Crippen LogP contribution is -2.45. The lowest BCUT2D eigenvalue weighted by Gasteiger charge is -2.32. The fraction of sp³-hybridized carbons (Fsp3) is 0.370. The molecule has 1 aromatic heterocycles. The van der Waals surface area contributed by atoms with E-state index in [0.29, 0.717) is 18.4 Å². The molecule has 3 aromatic rings. The largest absolute Gasteiger partial charge is 0.390 e. The second-order valence-electron chi connectivity index (χ2n) is 9.38. The minimum atomic E-state index is -4.39. The molecule has 0 unspecified atom stereocenters. The van der Waals surface area contributed by atoms with Crippen LogP contribution in [0.1, 0.15) is 47.7 Å². The Hall–Kier alpha value is -3.71. The number of aromatic nitrogens is 2. The van der Waals surface area contributed by atoms with Gasteiger partial charge in [-0.3, -0.25) is 19.6 Å². The van der Waals surface area contributed by atoms with Gasteiger partial charge in [0, 0.05) is 37.3 Å². The molecule has 0 aliphatic rings. The molecular formula is C27H32F3N5O4S. The van der Waals surface area contributed by atoms with Crippen LogP contribution in [0.4, 0.5) is 19.1 Å². The number of H-pyrrole nitrogens is 1. The Labute approximate surface area is 231 Å². The van der Waals surface area contributed by atoms with Crippen LogP contribution >= 0.6 is 0 Å². The second-order valence-corrected chi connectivity index (χ2v) is 11.1. The Morgan fingerprint density at radius 3 is 2.33 bits per heavy atom. The Kier molecular flexibility index (Phi) is 9.74. The number of benzene rings is 2. The number of carbonyl (C=O) groups excluding carboxylic acids is 1. The predicted octanol–water partition coefficient (Wildman–Crippen LogP) is 4.90. The van der Waals surface area contributed by atoms with Crippen molar-refractivity contribution in [2.24, 2.45) is 0 Å². The molecule has 0 fully saturated rings. The van der Waals surface area contributed by atoms with Crippen LogP contribution in [-0.4, -0.2) is 60.6 Å². The van der Waals surface area contributed by atoms with Gasteiger partial charge < -0.3 is 0 Å². The highest BCUT2D eigenvalue weighted by atomic mass is 32.2. The zero-order valence-corrected chi connectivity index (χ0v) is 23.5. The number of alkyl halides is 3. The van der Waals surface area contributed by atoms with Crippen LogP contribution in [0.3, 0.4) is 0 Å². The van der Waals surface area contributed by atoms with Crippen molar-refractivity contribution >= 4 is 21.9 Å². The molecule has 0 bridgehead atoms. The molecule has 40 heavy (non-hydrogen) atoms. The highest BCUT2D eigenvalue weighted by Gasteiger charge is 2.30. The number of amides is 1. The van der Waals surface area contributed by atoms with Crippen LogP contribution in [-0.2, 0) is 10.0 Å². The van der Waals surface area contributed by atoms with Gasteiger partial charge in [-0.25, -0.2) is 23.1 Å². The van der Waals surface area contributed by atoms with Gasteiger partial charge in [0.05, 0.1) is 17.0 Å². The lowest BCUT2D eigenvalue weighted by molar-refractivity contribution is -0.144. The molecular weight excluding hydrogens is 547 g/mol. The first kappa shape index (κ1) is 30.8. The summed E-state index contributed by atoms with van der Waals surface area (Å²) in [6.07, 6.45) is -4.21. The number of nitrogens with zero attached hydrogens (tertiary/aromatic N) is 3. The summed E-state index contributed by atoms with van der Waals surface area (Å²) in [7, 11) is -2.96. The van der Waals surface area contributed by atoms with E-state index in [9.17, 15) is 31.2 Å². The van der Waals surface area contributed by atoms with Crippen LogP contribution in [0.15, 0.2) is 58.2 Å². The molecule has 1 heterocycles. The summed E-state index contributed by atoms with van der Waals surface area (Å²) < 4.78 is 67.2. The predicted molar refractivity (Wildman–Crippen MR) is 146 cm³/mol. The third-order valence-electron chi connectivity index (χ3n) is 6.24. The van der Waals surface area contributed by atoms with Crippen LogP contribution in [0.2, 0.25) is 0 Å². The maximum atomic E-state index is 13.2. The second kappa shape index (κ2) is 12.6. The van der Waals surface area contributed by atoms with E-state index in [1.807, 2.05) is 39.0 Å². The number of aromatic amines is 1. The first-order valence-electron chi connectivity index (χ1n) is 12.6. The molecule has 0 saturated carbocycles. The van der Waals surface area contributed by atoms with Crippen molar-refractivity contribution in [1.29, 1.82) is 0 Å². The number of hydrazine groups is 1. The third-order valence-corrected chi connectivity index (χ3v) is 7.58. The Bertz CT molecular complexity index is 1500. The van der Waals surface area contributed by atoms with E-state index >= 15 is 0 Å². The van der Waals surface area contributed by atoms with Crippen molar-refractivity contribution in [2.75, 3.05) is 24.9 Å². The van der Waals surface area contributed by atoms with Gasteiger partial charge >= 0.3 is 6.18 Å². The summed E-state index contributed by atoms with van der Waals surface area (Å²) in [6, 6.07) is 11.9. The molecule has 0 aliphatic heterocycles. The van der Waals surface area contributed by atoms with E-state index in [1.54, 1.807) is 0 Å². The number of nitrogens with one attached hydrogen (secondary N) is 2. The number of anilines is 1. The van der Waals surface area contributed by atoms with Crippen LogP contribution in [0, 0.1) is 13.8 Å². The number of aryl methyl sites for hydroxylation is 2. The standard InChI is InChI=1S/C27H32F3N5O4S/c1-5-6-14-35(15-13-27(28,29)30)34(4)25(37)20-11-8-12-21(16-20)40(38,39)33-26-31-22(17-23(36)32-26)24-18(2)9-7-10-19(24)3/h7-12,16-17H,5-6,13-15H2,1-4H3,(H2,31,32,33,36). The fourth-order valence-corrected chi connectivity index (χ4v) is 5.17. The van der Waals surface area contributed by atoms with Crippen molar-refractivity contribution in [3.63, 3.8) is 0 Å². The Balaban J connectivity index is 1.87.